The predicted octanol–water partition coefficient (Wildman–Crippen LogP) is 3.25. The van der Waals surface area contributed by atoms with Crippen LogP contribution in [0.15, 0.2) is 53.4 Å². The van der Waals surface area contributed by atoms with Gasteiger partial charge in [0.1, 0.15) is 0 Å². The lowest BCUT2D eigenvalue weighted by atomic mass is 10.2. The van der Waals surface area contributed by atoms with E-state index in [9.17, 15) is 13.2 Å². The standard InChI is InChI=1S/C19H23ClN2O3S/c1-14(2)13-21-19(23)16-6-4-8-18(12-16)26(24,25)22-10-9-15-5-3-7-17(20)11-15/h3-8,11-12,14,22H,9-10,13H2,1-2H3,(H,21,23). The summed E-state index contributed by atoms with van der Waals surface area (Å²) in [6.45, 7) is 4.76. The maximum absolute atomic E-state index is 12.5. The van der Waals surface area contributed by atoms with Crippen LogP contribution in [-0.2, 0) is 16.4 Å². The number of hydrogen-bond donors (Lipinski definition) is 2. The second-order valence-electron chi connectivity index (χ2n) is 6.41. The molecule has 0 bridgehead atoms. The first-order valence-corrected chi connectivity index (χ1v) is 10.3. The Bertz CT molecular complexity index is 867. The van der Waals surface area contributed by atoms with Gasteiger partial charge in [0.15, 0.2) is 0 Å². The highest BCUT2D eigenvalue weighted by Gasteiger charge is 2.16. The molecule has 1 amide bonds. The molecule has 0 fully saturated rings. The minimum Gasteiger partial charge on any atom is -0.352 e. The number of hydrogen-bond acceptors (Lipinski definition) is 3. The first kappa shape index (κ1) is 20.4. The molecule has 0 saturated carbocycles. The van der Waals surface area contributed by atoms with Crippen molar-refractivity contribution in [2.45, 2.75) is 25.2 Å². The highest BCUT2D eigenvalue weighted by molar-refractivity contribution is 7.89. The van der Waals surface area contributed by atoms with Gasteiger partial charge in [0.05, 0.1) is 4.90 Å². The molecule has 5 nitrogen and oxygen atoms in total. The van der Waals surface area contributed by atoms with Crippen molar-refractivity contribution in [3.63, 3.8) is 0 Å². The van der Waals surface area contributed by atoms with Gasteiger partial charge in [-0.1, -0.05) is 43.6 Å². The van der Waals surface area contributed by atoms with E-state index in [1.54, 1.807) is 24.3 Å². The third kappa shape index (κ3) is 6.12. The van der Waals surface area contributed by atoms with E-state index in [4.69, 9.17) is 11.6 Å². The van der Waals surface area contributed by atoms with Gasteiger partial charge in [-0.3, -0.25) is 4.79 Å². The highest BCUT2D eigenvalue weighted by Crippen LogP contribution is 2.13. The second kappa shape index (κ2) is 9.16. The third-order valence-corrected chi connectivity index (χ3v) is 5.37. The molecule has 2 rings (SSSR count). The number of benzene rings is 2. The lowest BCUT2D eigenvalue weighted by molar-refractivity contribution is 0.0949. The summed E-state index contributed by atoms with van der Waals surface area (Å²) < 4.78 is 27.5. The normalized spacial score (nSPS) is 11.5. The lowest BCUT2D eigenvalue weighted by Crippen LogP contribution is -2.28. The van der Waals surface area contributed by atoms with Crippen molar-refractivity contribution in [2.24, 2.45) is 5.92 Å². The number of nitrogens with one attached hydrogen (secondary N) is 2. The van der Waals surface area contributed by atoms with Crippen LogP contribution in [0.2, 0.25) is 5.02 Å². The largest absolute Gasteiger partial charge is 0.352 e. The highest BCUT2D eigenvalue weighted by atomic mass is 35.5. The van der Waals surface area contributed by atoms with Crippen molar-refractivity contribution in [2.75, 3.05) is 13.1 Å². The summed E-state index contributed by atoms with van der Waals surface area (Å²) in [7, 11) is -3.69. The van der Waals surface area contributed by atoms with Crippen LogP contribution in [0.4, 0.5) is 0 Å². The van der Waals surface area contributed by atoms with Crippen molar-refractivity contribution in [1.29, 1.82) is 0 Å². The zero-order valence-corrected chi connectivity index (χ0v) is 16.4. The van der Waals surface area contributed by atoms with Crippen LogP contribution in [0.1, 0.15) is 29.8 Å². The molecular formula is C19H23ClN2O3S. The zero-order valence-electron chi connectivity index (χ0n) is 14.8. The number of carbonyl (C=O) groups is 1. The van der Waals surface area contributed by atoms with Crippen LogP contribution in [-0.4, -0.2) is 27.4 Å². The molecule has 0 spiro atoms. The smallest absolute Gasteiger partial charge is 0.251 e. The molecule has 0 saturated heterocycles. The summed E-state index contributed by atoms with van der Waals surface area (Å²) in [6.07, 6.45) is 0.522. The molecule has 0 aliphatic carbocycles. The fourth-order valence-corrected chi connectivity index (χ4v) is 3.60. The molecule has 0 aliphatic heterocycles. The SMILES string of the molecule is CC(C)CNC(=O)c1cccc(S(=O)(=O)NCCc2cccc(Cl)c2)c1. The van der Waals surface area contributed by atoms with E-state index in [1.807, 2.05) is 26.0 Å². The molecule has 0 atom stereocenters. The summed E-state index contributed by atoms with van der Waals surface area (Å²) in [6, 6.07) is 13.3. The summed E-state index contributed by atoms with van der Waals surface area (Å²) >= 11 is 5.93. The monoisotopic (exact) mass is 394 g/mol. The Kier molecular flexibility index (Phi) is 7.20. The Balaban J connectivity index is 2.01. The van der Waals surface area contributed by atoms with Gasteiger partial charge in [0.2, 0.25) is 10.0 Å². The third-order valence-electron chi connectivity index (χ3n) is 3.67. The van der Waals surface area contributed by atoms with Crippen LogP contribution in [0.25, 0.3) is 0 Å². The zero-order chi connectivity index (χ0) is 19.2. The summed E-state index contributed by atoms with van der Waals surface area (Å²) in [5.41, 5.74) is 1.27. The predicted molar refractivity (Wildman–Crippen MR) is 104 cm³/mol. The van der Waals surface area contributed by atoms with Crippen molar-refractivity contribution in [3.8, 4) is 0 Å². The van der Waals surface area contributed by atoms with Gasteiger partial charge in [0.25, 0.3) is 5.91 Å². The van der Waals surface area contributed by atoms with Crippen LogP contribution in [0.3, 0.4) is 0 Å². The number of sulfonamides is 1. The van der Waals surface area contributed by atoms with Crippen molar-refractivity contribution in [3.05, 3.63) is 64.7 Å². The Labute approximate surface area is 159 Å². The van der Waals surface area contributed by atoms with Gasteiger partial charge in [0, 0.05) is 23.7 Å². The first-order chi connectivity index (χ1) is 12.3. The van der Waals surface area contributed by atoms with E-state index < -0.39 is 10.0 Å². The van der Waals surface area contributed by atoms with E-state index in [-0.39, 0.29) is 17.3 Å². The Hall–Kier alpha value is -1.89. The van der Waals surface area contributed by atoms with E-state index in [0.29, 0.717) is 29.5 Å². The van der Waals surface area contributed by atoms with Crippen LogP contribution < -0.4 is 10.0 Å². The number of amides is 1. The summed E-state index contributed by atoms with van der Waals surface area (Å²) in [5, 5.41) is 3.40. The molecule has 26 heavy (non-hydrogen) atoms. The lowest BCUT2D eigenvalue weighted by Gasteiger charge is -2.10. The van der Waals surface area contributed by atoms with E-state index in [1.165, 1.54) is 12.1 Å². The van der Waals surface area contributed by atoms with Gasteiger partial charge in [-0.05, 0) is 48.2 Å². The van der Waals surface area contributed by atoms with Crippen molar-refractivity contribution in [1.82, 2.24) is 10.0 Å². The fourth-order valence-electron chi connectivity index (χ4n) is 2.31. The molecule has 2 aromatic rings. The molecule has 7 heteroatoms. The molecule has 140 valence electrons. The minimum atomic E-state index is -3.69. The average Bonchev–Trinajstić information content (AvgIpc) is 2.59. The van der Waals surface area contributed by atoms with Crippen LogP contribution >= 0.6 is 11.6 Å². The van der Waals surface area contributed by atoms with Crippen molar-refractivity contribution < 1.29 is 13.2 Å². The van der Waals surface area contributed by atoms with Crippen LogP contribution in [0, 0.1) is 5.92 Å². The number of halogens is 1. The quantitative estimate of drug-likeness (QED) is 0.721. The number of rotatable bonds is 8. The number of carbonyl (C=O) groups excluding carboxylic acids is 1. The molecule has 2 N–H and O–H groups in total. The van der Waals surface area contributed by atoms with E-state index in [2.05, 4.69) is 10.0 Å². The minimum absolute atomic E-state index is 0.0702. The molecular weight excluding hydrogens is 372 g/mol. The van der Waals surface area contributed by atoms with E-state index in [0.717, 1.165) is 5.56 Å². The van der Waals surface area contributed by atoms with Gasteiger partial charge in [-0.25, -0.2) is 13.1 Å². The molecule has 0 aromatic heterocycles. The van der Waals surface area contributed by atoms with Gasteiger partial charge < -0.3 is 5.32 Å². The Morgan fingerprint density at radius 2 is 1.85 bits per heavy atom. The molecule has 0 heterocycles. The van der Waals surface area contributed by atoms with Gasteiger partial charge >= 0.3 is 0 Å². The maximum Gasteiger partial charge on any atom is 0.251 e. The summed E-state index contributed by atoms with van der Waals surface area (Å²) in [5.74, 6) is 0.0358. The molecule has 0 radical (unpaired) electrons. The second-order valence-corrected chi connectivity index (χ2v) is 8.61. The Morgan fingerprint density at radius 1 is 1.12 bits per heavy atom. The Morgan fingerprint density at radius 3 is 2.54 bits per heavy atom. The first-order valence-electron chi connectivity index (χ1n) is 8.40. The molecule has 0 unspecified atom stereocenters. The molecule has 0 aliphatic rings. The van der Waals surface area contributed by atoms with Gasteiger partial charge in [-0.15, -0.1) is 0 Å². The maximum atomic E-state index is 12.5. The average molecular weight is 395 g/mol. The van der Waals surface area contributed by atoms with E-state index >= 15 is 0 Å². The van der Waals surface area contributed by atoms with Crippen LogP contribution in [0.5, 0.6) is 0 Å². The topological polar surface area (TPSA) is 75.3 Å². The van der Waals surface area contributed by atoms with Gasteiger partial charge in [-0.2, -0.15) is 0 Å². The molecule has 2 aromatic carbocycles. The fraction of sp³-hybridized carbons (Fsp3) is 0.316. The van der Waals surface area contributed by atoms with Crippen molar-refractivity contribution >= 4 is 27.5 Å². The summed E-state index contributed by atoms with van der Waals surface area (Å²) in [4.78, 5) is 12.2.